The number of aliphatic carboxylic acids is 1. The highest BCUT2D eigenvalue weighted by molar-refractivity contribution is 6.32. The molecule has 4 N–H and O–H groups in total. The van der Waals surface area contributed by atoms with Gasteiger partial charge in [0, 0.05) is 24.7 Å². The summed E-state index contributed by atoms with van der Waals surface area (Å²) in [4.78, 5) is 50.2. The monoisotopic (exact) mass is 704 g/mol. The fraction of sp³-hybridized carbons (Fsp3) is 0.116. The summed E-state index contributed by atoms with van der Waals surface area (Å²) in [6.07, 6.45) is 2.77. The fourth-order valence-electron chi connectivity index (χ4n) is 7.25. The lowest BCUT2D eigenvalue weighted by molar-refractivity contribution is -0.151. The van der Waals surface area contributed by atoms with E-state index in [0.29, 0.717) is 5.56 Å². The van der Waals surface area contributed by atoms with Crippen LogP contribution in [-0.2, 0) is 31.1 Å². The van der Waals surface area contributed by atoms with Crippen molar-refractivity contribution < 1.29 is 29.0 Å². The van der Waals surface area contributed by atoms with Crippen molar-refractivity contribution in [2.75, 3.05) is 6.61 Å². The third-order valence-corrected chi connectivity index (χ3v) is 9.60. The molecule has 1 aromatic heterocycles. The first-order valence-electron chi connectivity index (χ1n) is 17.1. The van der Waals surface area contributed by atoms with Gasteiger partial charge in [-0.25, -0.2) is 15.0 Å². The van der Waals surface area contributed by atoms with E-state index in [0.717, 1.165) is 38.9 Å². The van der Waals surface area contributed by atoms with E-state index in [9.17, 15) is 24.3 Å². The van der Waals surface area contributed by atoms with Crippen LogP contribution < -0.4 is 16.2 Å². The molecule has 0 saturated heterocycles. The lowest BCUT2D eigenvalue weighted by Gasteiger charge is -2.38. The molecule has 6 aromatic rings. The molecule has 264 valence electrons. The van der Waals surface area contributed by atoms with Gasteiger partial charge in [-0.3, -0.25) is 15.0 Å². The maximum Gasteiger partial charge on any atom is 0.426 e. The van der Waals surface area contributed by atoms with Crippen molar-refractivity contribution in [2.24, 2.45) is 0 Å². The summed E-state index contributed by atoms with van der Waals surface area (Å²) in [6, 6.07) is 46.3. The molecule has 7 rings (SSSR count). The van der Waals surface area contributed by atoms with Gasteiger partial charge in [0.15, 0.2) is 0 Å². The number of fused-ring (bicyclic) bond motifs is 3. The molecule has 10 heteroatoms. The SMILES string of the molecule is O=C(NNC(=O)C(Cc1ccn(C(c2ccccc2)(c2ccccc2)c2ccccc2)c1)NC(=O)C(=O)O)OCC1c2ccccc2-c2ccccc21. The van der Waals surface area contributed by atoms with Crippen molar-refractivity contribution in [3.05, 3.63) is 191 Å². The van der Waals surface area contributed by atoms with Crippen LogP contribution in [0.2, 0.25) is 0 Å². The molecule has 0 radical (unpaired) electrons. The van der Waals surface area contributed by atoms with Crippen molar-refractivity contribution >= 4 is 23.9 Å². The number of carboxylic acid groups (broad SMARTS) is 1. The van der Waals surface area contributed by atoms with Crippen molar-refractivity contribution in [3.63, 3.8) is 0 Å². The van der Waals surface area contributed by atoms with E-state index < -0.39 is 35.5 Å². The predicted molar refractivity (Wildman–Crippen MR) is 199 cm³/mol. The van der Waals surface area contributed by atoms with Gasteiger partial charge >= 0.3 is 18.0 Å². The Morgan fingerprint density at radius 3 is 1.66 bits per heavy atom. The zero-order valence-corrected chi connectivity index (χ0v) is 28.5. The molecule has 53 heavy (non-hydrogen) atoms. The second-order valence-corrected chi connectivity index (χ2v) is 12.7. The van der Waals surface area contributed by atoms with Crippen LogP contribution in [0.15, 0.2) is 158 Å². The molecule has 1 aliphatic rings. The minimum Gasteiger partial charge on any atom is -0.474 e. The zero-order valence-electron chi connectivity index (χ0n) is 28.5. The number of hydrogen-bond donors (Lipinski definition) is 4. The van der Waals surface area contributed by atoms with Crippen molar-refractivity contribution in [2.45, 2.75) is 23.9 Å². The topological polar surface area (TPSA) is 139 Å². The molecule has 10 nitrogen and oxygen atoms in total. The van der Waals surface area contributed by atoms with E-state index in [2.05, 4.69) is 52.6 Å². The number of amides is 3. The number of nitrogens with one attached hydrogen (secondary N) is 3. The summed E-state index contributed by atoms with van der Waals surface area (Å²) in [5, 5.41) is 11.6. The summed E-state index contributed by atoms with van der Waals surface area (Å²) in [7, 11) is 0. The summed E-state index contributed by atoms with van der Waals surface area (Å²) < 4.78 is 7.57. The Hall–Kier alpha value is -6.94. The highest BCUT2D eigenvalue weighted by Crippen LogP contribution is 2.44. The average molecular weight is 705 g/mol. The van der Waals surface area contributed by atoms with Crippen LogP contribution in [0.25, 0.3) is 11.1 Å². The molecule has 5 aromatic carbocycles. The molecule has 0 saturated carbocycles. The Labute approximate surface area is 306 Å². The zero-order chi connectivity index (χ0) is 36.8. The quantitative estimate of drug-likeness (QED) is 0.0783. The highest BCUT2D eigenvalue weighted by atomic mass is 16.6. The number of aromatic nitrogens is 1. The maximum atomic E-state index is 13.5. The summed E-state index contributed by atoms with van der Waals surface area (Å²) >= 11 is 0. The fourth-order valence-corrected chi connectivity index (χ4v) is 7.25. The van der Waals surface area contributed by atoms with Crippen LogP contribution in [-0.4, -0.2) is 46.2 Å². The van der Waals surface area contributed by atoms with Gasteiger partial charge in [0.2, 0.25) is 0 Å². The second-order valence-electron chi connectivity index (χ2n) is 12.7. The largest absolute Gasteiger partial charge is 0.474 e. The second kappa shape index (κ2) is 15.1. The molecule has 1 aliphatic carbocycles. The smallest absolute Gasteiger partial charge is 0.426 e. The Bertz CT molecular complexity index is 2110. The summed E-state index contributed by atoms with van der Waals surface area (Å²) in [5.41, 5.74) is 11.5. The molecule has 3 amide bonds. The number of rotatable bonds is 10. The Morgan fingerprint density at radius 2 is 1.15 bits per heavy atom. The van der Waals surface area contributed by atoms with Gasteiger partial charge in [0.05, 0.1) is 0 Å². The van der Waals surface area contributed by atoms with Gasteiger partial charge in [0.25, 0.3) is 5.91 Å². The van der Waals surface area contributed by atoms with Crippen LogP contribution in [0, 0.1) is 0 Å². The molecule has 0 spiro atoms. The Kier molecular flexibility index (Phi) is 9.84. The maximum absolute atomic E-state index is 13.5. The number of carbonyl (C=O) groups is 4. The number of nitrogens with zero attached hydrogens (tertiary/aromatic N) is 1. The van der Waals surface area contributed by atoms with E-state index >= 15 is 0 Å². The standard InChI is InChI=1S/C43H36N4O6/c48-39(45-46-42(52)53-28-37-35-22-12-10-20-33(35)34-21-11-13-23-36(34)37)38(44-40(49)41(50)51)26-29-24-25-47(27-29)43(30-14-4-1-5-15-30,31-16-6-2-7-17-31)32-18-8-3-9-19-32/h1-25,27,37-38H,26,28H2,(H,44,49)(H,45,48)(H,46,52)(H,50,51). The van der Waals surface area contributed by atoms with E-state index in [-0.39, 0.29) is 18.9 Å². The molecular weight excluding hydrogens is 668 g/mol. The average Bonchev–Trinajstić information content (AvgIpc) is 3.80. The third-order valence-electron chi connectivity index (χ3n) is 9.60. The first-order chi connectivity index (χ1) is 25.9. The molecule has 0 fully saturated rings. The summed E-state index contributed by atoms with van der Waals surface area (Å²) in [5.74, 6) is -4.13. The first kappa shape index (κ1) is 34.5. The van der Waals surface area contributed by atoms with Gasteiger partial charge in [0.1, 0.15) is 18.2 Å². The first-order valence-corrected chi connectivity index (χ1v) is 17.1. The van der Waals surface area contributed by atoms with Crippen LogP contribution in [0.1, 0.15) is 39.3 Å². The van der Waals surface area contributed by atoms with Crippen molar-refractivity contribution in [1.82, 2.24) is 20.7 Å². The van der Waals surface area contributed by atoms with E-state index in [1.807, 2.05) is 126 Å². The minimum absolute atomic E-state index is 0.0222. The molecule has 0 bridgehead atoms. The lowest BCUT2D eigenvalue weighted by Crippen LogP contribution is -2.54. The van der Waals surface area contributed by atoms with Gasteiger partial charge in [-0.1, -0.05) is 140 Å². The molecule has 0 aliphatic heterocycles. The van der Waals surface area contributed by atoms with Gasteiger partial charge < -0.3 is 19.7 Å². The number of carboxylic acids is 1. The Balaban J connectivity index is 1.11. The third kappa shape index (κ3) is 6.90. The number of hydrogen-bond acceptors (Lipinski definition) is 5. The number of ether oxygens (including phenoxy) is 1. The number of carbonyl (C=O) groups excluding carboxylic acids is 3. The lowest BCUT2D eigenvalue weighted by atomic mass is 9.77. The van der Waals surface area contributed by atoms with Crippen LogP contribution in [0.5, 0.6) is 0 Å². The normalized spacial score (nSPS) is 12.5. The highest BCUT2D eigenvalue weighted by Gasteiger charge is 2.38. The van der Waals surface area contributed by atoms with E-state index in [4.69, 9.17) is 4.74 Å². The Morgan fingerprint density at radius 1 is 0.660 bits per heavy atom. The van der Waals surface area contributed by atoms with E-state index in [1.54, 1.807) is 0 Å². The van der Waals surface area contributed by atoms with Gasteiger partial charge in [-0.15, -0.1) is 0 Å². The van der Waals surface area contributed by atoms with E-state index in [1.165, 1.54) is 0 Å². The van der Waals surface area contributed by atoms with Gasteiger partial charge in [-0.2, -0.15) is 0 Å². The summed E-state index contributed by atoms with van der Waals surface area (Å²) in [6.45, 7) is 0.0222. The predicted octanol–water partition coefficient (Wildman–Crippen LogP) is 6.01. The van der Waals surface area contributed by atoms with Crippen molar-refractivity contribution in [3.8, 4) is 11.1 Å². The molecule has 1 atom stereocenters. The van der Waals surface area contributed by atoms with Crippen LogP contribution >= 0.6 is 0 Å². The van der Waals surface area contributed by atoms with Crippen molar-refractivity contribution in [1.29, 1.82) is 0 Å². The minimum atomic E-state index is -1.75. The molecule has 1 unspecified atom stereocenters. The van der Waals surface area contributed by atoms with Gasteiger partial charge in [-0.05, 0) is 50.6 Å². The number of hydrazine groups is 1. The molecule has 1 heterocycles. The molecular formula is C43H36N4O6. The number of benzene rings is 5. The van der Waals surface area contributed by atoms with Crippen LogP contribution in [0.4, 0.5) is 4.79 Å². The van der Waals surface area contributed by atoms with Crippen LogP contribution in [0.3, 0.4) is 0 Å².